The molecule has 7 heteroatoms. The molecule has 116 valence electrons. The molecule has 2 N–H and O–H groups in total. The van der Waals surface area contributed by atoms with Gasteiger partial charge >= 0.3 is 0 Å². The first-order chi connectivity index (χ1) is 10.5. The lowest BCUT2D eigenvalue weighted by molar-refractivity contribution is 0.0946. The van der Waals surface area contributed by atoms with Crippen LogP contribution in [0.1, 0.15) is 10.5 Å². The van der Waals surface area contributed by atoms with Gasteiger partial charge in [0.1, 0.15) is 17.8 Å². The molecule has 0 radical (unpaired) electrons. The van der Waals surface area contributed by atoms with E-state index in [9.17, 15) is 4.79 Å². The van der Waals surface area contributed by atoms with Crippen molar-refractivity contribution < 1.29 is 4.79 Å². The number of nitrogens with one attached hydrogen (secondary N) is 2. The topological polar surface area (TPSA) is 70.2 Å². The molecule has 0 saturated carbocycles. The molecule has 0 fully saturated rings. The fourth-order valence-electron chi connectivity index (χ4n) is 1.75. The van der Waals surface area contributed by atoms with Crippen molar-refractivity contribution in [1.82, 2.24) is 20.2 Å². The van der Waals surface area contributed by atoms with Crippen molar-refractivity contribution in [3.63, 3.8) is 0 Å². The number of likely N-dealkylation sites (N-methyl/N-ethyl adjacent to an activating group) is 1. The van der Waals surface area contributed by atoms with Crippen molar-refractivity contribution in [2.75, 3.05) is 32.5 Å². The number of benzene rings is 1. The molecule has 0 atom stereocenters. The smallest absolute Gasteiger partial charge is 0.270 e. The second kappa shape index (κ2) is 7.86. The van der Waals surface area contributed by atoms with Crippen LogP contribution in [0.15, 0.2) is 41.1 Å². The van der Waals surface area contributed by atoms with Crippen molar-refractivity contribution in [3.8, 4) is 0 Å². The Hall–Kier alpha value is -1.99. The van der Waals surface area contributed by atoms with Crippen LogP contribution < -0.4 is 10.6 Å². The predicted molar refractivity (Wildman–Crippen MR) is 90.3 cm³/mol. The highest BCUT2D eigenvalue weighted by atomic mass is 79.9. The maximum Gasteiger partial charge on any atom is 0.270 e. The Labute approximate surface area is 138 Å². The summed E-state index contributed by atoms with van der Waals surface area (Å²) >= 11 is 3.41. The van der Waals surface area contributed by atoms with Gasteiger partial charge < -0.3 is 15.5 Å². The summed E-state index contributed by atoms with van der Waals surface area (Å²) in [6, 6.07) is 9.34. The van der Waals surface area contributed by atoms with E-state index in [1.165, 1.54) is 6.33 Å². The average molecular weight is 364 g/mol. The Morgan fingerprint density at radius 2 is 2.09 bits per heavy atom. The minimum Gasteiger partial charge on any atom is -0.349 e. The molecule has 0 aliphatic rings. The highest BCUT2D eigenvalue weighted by Crippen LogP contribution is 2.19. The normalized spacial score (nSPS) is 10.5. The molecule has 2 aromatic rings. The Morgan fingerprint density at radius 3 is 2.82 bits per heavy atom. The van der Waals surface area contributed by atoms with Crippen LogP contribution in [-0.4, -0.2) is 48.0 Å². The third kappa shape index (κ3) is 5.09. The number of halogens is 1. The van der Waals surface area contributed by atoms with Gasteiger partial charge in [-0.15, -0.1) is 0 Å². The molecular formula is C15H18BrN5O. The Morgan fingerprint density at radius 1 is 1.27 bits per heavy atom. The summed E-state index contributed by atoms with van der Waals surface area (Å²) in [5, 5.41) is 5.97. The lowest BCUT2D eigenvalue weighted by Crippen LogP contribution is -2.31. The van der Waals surface area contributed by atoms with Gasteiger partial charge in [-0.2, -0.15) is 0 Å². The molecule has 0 bridgehead atoms. The summed E-state index contributed by atoms with van der Waals surface area (Å²) in [6.07, 6.45) is 1.38. The zero-order valence-electron chi connectivity index (χ0n) is 12.5. The first-order valence-corrected chi connectivity index (χ1v) is 7.61. The molecule has 2 rings (SSSR count). The summed E-state index contributed by atoms with van der Waals surface area (Å²) in [5.74, 6) is 0.368. The SMILES string of the molecule is CN(C)CCNC(=O)c1cc(Nc2cccc(Br)c2)ncn1. The Kier molecular flexibility index (Phi) is 5.85. The monoisotopic (exact) mass is 363 g/mol. The number of carbonyl (C=O) groups excluding carboxylic acids is 1. The van der Waals surface area contributed by atoms with Crippen LogP contribution in [0.5, 0.6) is 0 Å². The van der Waals surface area contributed by atoms with Gasteiger partial charge in [0.05, 0.1) is 0 Å². The van der Waals surface area contributed by atoms with Crippen LogP contribution in [-0.2, 0) is 0 Å². The first kappa shape index (κ1) is 16.4. The standard InChI is InChI=1S/C15H18BrN5O/c1-21(2)7-6-17-15(22)13-9-14(19-10-18-13)20-12-5-3-4-11(16)8-12/h3-5,8-10H,6-7H2,1-2H3,(H,17,22)(H,18,19,20). The fraction of sp³-hybridized carbons (Fsp3) is 0.267. The van der Waals surface area contributed by atoms with E-state index in [0.717, 1.165) is 16.7 Å². The third-order valence-corrected chi connectivity index (χ3v) is 3.33. The van der Waals surface area contributed by atoms with Gasteiger partial charge in [-0.05, 0) is 32.3 Å². The molecular weight excluding hydrogens is 346 g/mol. The van der Waals surface area contributed by atoms with Crippen molar-refractivity contribution in [2.24, 2.45) is 0 Å². The molecule has 1 amide bonds. The highest BCUT2D eigenvalue weighted by molar-refractivity contribution is 9.10. The van der Waals surface area contributed by atoms with Gasteiger partial charge in [0, 0.05) is 29.3 Å². The van der Waals surface area contributed by atoms with Crippen molar-refractivity contribution in [3.05, 3.63) is 46.8 Å². The van der Waals surface area contributed by atoms with E-state index in [4.69, 9.17) is 0 Å². The average Bonchev–Trinajstić information content (AvgIpc) is 2.47. The minimum absolute atomic E-state index is 0.207. The van der Waals surface area contributed by atoms with Crippen LogP contribution in [0.2, 0.25) is 0 Å². The van der Waals surface area contributed by atoms with Gasteiger partial charge in [0.15, 0.2) is 0 Å². The Balaban J connectivity index is 2.01. The Bertz CT molecular complexity index is 647. The fourth-order valence-corrected chi connectivity index (χ4v) is 2.15. The molecule has 6 nitrogen and oxygen atoms in total. The van der Waals surface area contributed by atoms with Gasteiger partial charge in [-0.1, -0.05) is 22.0 Å². The van der Waals surface area contributed by atoms with Crippen LogP contribution in [0.25, 0.3) is 0 Å². The number of hydrogen-bond donors (Lipinski definition) is 2. The largest absolute Gasteiger partial charge is 0.349 e. The number of aromatic nitrogens is 2. The van der Waals surface area contributed by atoms with Crippen molar-refractivity contribution >= 4 is 33.3 Å². The van der Waals surface area contributed by atoms with Gasteiger partial charge in [0.2, 0.25) is 0 Å². The van der Waals surface area contributed by atoms with E-state index < -0.39 is 0 Å². The molecule has 0 saturated heterocycles. The zero-order valence-corrected chi connectivity index (χ0v) is 14.1. The molecule has 1 heterocycles. The first-order valence-electron chi connectivity index (χ1n) is 6.82. The predicted octanol–water partition coefficient (Wildman–Crippen LogP) is 2.27. The van der Waals surface area contributed by atoms with E-state index >= 15 is 0 Å². The zero-order chi connectivity index (χ0) is 15.9. The summed E-state index contributed by atoms with van der Waals surface area (Å²) in [5.41, 5.74) is 1.22. The van der Waals surface area contributed by atoms with Crippen molar-refractivity contribution in [1.29, 1.82) is 0 Å². The number of rotatable bonds is 6. The molecule has 0 aliphatic heterocycles. The molecule has 0 spiro atoms. The number of anilines is 2. The number of hydrogen-bond acceptors (Lipinski definition) is 5. The van der Waals surface area contributed by atoms with Gasteiger partial charge in [0.25, 0.3) is 5.91 Å². The van der Waals surface area contributed by atoms with E-state index in [-0.39, 0.29) is 5.91 Å². The molecule has 1 aromatic heterocycles. The van der Waals surface area contributed by atoms with Crippen LogP contribution in [0.3, 0.4) is 0 Å². The summed E-state index contributed by atoms with van der Waals surface area (Å²) < 4.78 is 0.966. The van der Waals surface area contributed by atoms with Gasteiger partial charge in [-0.3, -0.25) is 4.79 Å². The highest BCUT2D eigenvalue weighted by Gasteiger charge is 2.08. The van der Waals surface area contributed by atoms with E-state index in [0.29, 0.717) is 18.1 Å². The molecule has 0 aliphatic carbocycles. The number of carbonyl (C=O) groups is 1. The summed E-state index contributed by atoms with van der Waals surface area (Å²) in [4.78, 5) is 22.2. The molecule has 1 aromatic carbocycles. The lowest BCUT2D eigenvalue weighted by Gasteiger charge is -2.10. The third-order valence-electron chi connectivity index (χ3n) is 2.84. The van der Waals surface area contributed by atoms with Gasteiger partial charge in [-0.25, -0.2) is 9.97 Å². The van der Waals surface area contributed by atoms with E-state index in [1.54, 1.807) is 6.07 Å². The summed E-state index contributed by atoms with van der Waals surface area (Å²) in [7, 11) is 3.91. The molecule has 22 heavy (non-hydrogen) atoms. The lowest BCUT2D eigenvalue weighted by atomic mass is 10.3. The number of amides is 1. The van der Waals surface area contributed by atoms with Crippen molar-refractivity contribution in [2.45, 2.75) is 0 Å². The number of nitrogens with zero attached hydrogens (tertiary/aromatic N) is 3. The minimum atomic E-state index is -0.207. The maximum absolute atomic E-state index is 12.0. The maximum atomic E-state index is 12.0. The quantitative estimate of drug-likeness (QED) is 0.823. The van der Waals surface area contributed by atoms with Crippen LogP contribution in [0.4, 0.5) is 11.5 Å². The summed E-state index contributed by atoms with van der Waals surface area (Å²) in [6.45, 7) is 1.35. The molecule has 0 unspecified atom stereocenters. The van der Waals surface area contributed by atoms with E-state index in [2.05, 4.69) is 36.5 Å². The van der Waals surface area contributed by atoms with Crippen LogP contribution >= 0.6 is 15.9 Å². The van der Waals surface area contributed by atoms with Crippen LogP contribution in [0, 0.1) is 0 Å². The second-order valence-corrected chi connectivity index (χ2v) is 5.90. The van der Waals surface area contributed by atoms with E-state index in [1.807, 2.05) is 43.3 Å². The second-order valence-electron chi connectivity index (χ2n) is 4.98.